The molecule has 0 spiro atoms. The molecule has 0 aromatic heterocycles. The second-order valence-corrected chi connectivity index (χ2v) is 8.17. The van der Waals surface area contributed by atoms with Crippen molar-refractivity contribution in [2.24, 2.45) is 0 Å². The minimum absolute atomic E-state index is 0.0418. The lowest BCUT2D eigenvalue weighted by Gasteiger charge is -2.37. The molecule has 1 aliphatic heterocycles. The van der Waals surface area contributed by atoms with Crippen LogP contribution < -0.4 is 0 Å². The van der Waals surface area contributed by atoms with Gasteiger partial charge in [-0.3, -0.25) is 9.59 Å². The maximum Gasteiger partial charge on any atom is 0.323 e. The first-order valence-corrected chi connectivity index (χ1v) is 10.1. The van der Waals surface area contributed by atoms with Crippen molar-refractivity contribution >= 4 is 21.9 Å². The van der Waals surface area contributed by atoms with Gasteiger partial charge in [-0.15, -0.1) is 6.58 Å². The maximum absolute atomic E-state index is 12.4. The molecule has 0 saturated carbocycles. The van der Waals surface area contributed by atoms with E-state index in [1.165, 1.54) is 9.21 Å². The third-order valence-electron chi connectivity index (χ3n) is 4.16. The van der Waals surface area contributed by atoms with Gasteiger partial charge in [-0.2, -0.15) is 0 Å². The van der Waals surface area contributed by atoms with Crippen molar-refractivity contribution in [3.05, 3.63) is 12.7 Å². The Morgan fingerprint density at radius 1 is 1.36 bits per heavy atom. The molecule has 0 aromatic carbocycles. The summed E-state index contributed by atoms with van der Waals surface area (Å²) in [5, 5.41) is 9.09. The van der Waals surface area contributed by atoms with E-state index < -0.39 is 16.0 Å². The van der Waals surface area contributed by atoms with Crippen molar-refractivity contribution in [1.29, 1.82) is 0 Å². The number of piperidine rings is 1. The van der Waals surface area contributed by atoms with Gasteiger partial charge >= 0.3 is 5.97 Å². The fourth-order valence-electron chi connectivity index (χ4n) is 2.82. The van der Waals surface area contributed by atoms with Crippen molar-refractivity contribution < 1.29 is 27.9 Å². The monoisotopic (exact) mass is 376 g/mol. The van der Waals surface area contributed by atoms with Crippen LogP contribution in [0.3, 0.4) is 0 Å². The zero-order valence-corrected chi connectivity index (χ0v) is 15.5. The van der Waals surface area contributed by atoms with E-state index in [0.717, 1.165) is 0 Å². The molecule has 0 aromatic rings. The molecule has 1 rings (SSSR count). The smallest absolute Gasteiger partial charge is 0.323 e. The molecule has 9 heteroatoms. The number of carboxylic acid groups (broad SMARTS) is 1. The first kappa shape index (κ1) is 21.6. The number of carboxylic acids is 1. The van der Waals surface area contributed by atoms with E-state index in [2.05, 4.69) is 6.58 Å². The highest BCUT2D eigenvalue weighted by Gasteiger charge is 2.32. The normalized spacial score (nSPS) is 16.5. The Hall–Kier alpha value is -1.45. The summed E-state index contributed by atoms with van der Waals surface area (Å²) in [7, 11) is -3.25. The molecule has 0 aliphatic carbocycles. The average molecular weight is 376 g/mol. The summed E-state index contributed by atoms with van der Waals surface area (Å²) in [5.41, 5.74) is 0. The van der Waals surface area contributed by atoms with Crippen LogP contribution in [0.25, 0.3) is 0 Å². The quantitative estimate of drug-likeness (QED) is 0.420. The first-order chi connectivity index (χ1) is 11.8. The van der Waals surface area contributed by atoms with Crippen molar-refractivity contribution in [2.75, 3.05) is 38.6 Å². The number of nitrogens with zero attached hydrogens (tertiary/aromatic N) is 2. The summed E-state index contributed by atoms with van der Waals surface area (Å²) >= 11 is 0. The second-order valence-electron chi connectivity index (χ2n) is 5.91. The number of hydrogen-bond donors (Lipinski definition) is 1. The van der Waals surface area contributed by atoms with Crippen LogP contribution in [0.4, 0.5) is 0 Å². The number of carbonyl (C=O) groups excluding carboxylic acids is 1. The summed E-state index contributed by atoms with van der Waals surface area (Å²) in [4.78, 5) is 24.9. The fraction of sp³-hybridized carbons (Fsp3) is 0.750. The van der Waals surface area contributed by atoms with Crippen molar-refractivity contribution in [1.82, 2.24) is 9.21 Å². The summed E-state index contributed by atoms with van der Waals surface area (Å²) < 4.78 is 30.4. The zero-order chi connectivity index (χ0) is 18.9. The number of hydrogen-bond acceptors (Lipinski definition) is 5. The number of amides is 1. The van der Waals surface area contributed by atoms with Gasteiger partial charge in [0.05, 0.1) is 12.4 Å². The highest BCUT2D eigenvalue weighted by Crippen LogP contribution is 2.20. The molecule has 8 nitrogen and oxygen atoms in total. The minimum atomic E-state index is -3.25. The molecule has 1 fully saturated rings. The molecule has 0 radical (unpaired) electrons. The highest BCUT2D eigenvalue weighted by atomic mass is 32.2. The van der Waals surface area contributed by atoms with Gasteiger partial charge in [0.25, 0.3) is 0 Å². The van der Waals surface area contributed by atoms with Gasteiger partial charge in [0.1, 0.15) is 6.54 Å². The SMILES string of the molecule is C=CCOCCCC(=O)N(CC(=O)O)C1CCN(S(=O)(=O)CC)CC1. The molecule has 1 N–H and O–H groups in total. The fourth-order valence-corrected chi connectivity index (χ4v) is 3.95. The summed E-state index contributed by atoms with van der Waals surface area (Å²) in [6.07, 6.45) is 3.23. The van der Waals surface area contributed by atoms with Crippen LogP contribution in [0.5, 0.6) is 0 Å². The predicted molar refractivity (Wildman–Crippen MR) is 93.7 cm³/mol. The van der Waals surface area contributed by atoms with Gasteiger partial charge in [-0.25, -0.2) is 12.7 Å². The number of aliphatic carboxylic acids is 1. The van der Waals surface area contributed by atoms with E-state index in [9.17, 15) is 18.0 Å². The molecule has 144 valence electrons. The van der Waals surface area contributed by atoms with Gasteiger partial charge in [0.15, 0.2) is 0 Å². The molecule has 1 aliphatic rings. The van der Waals surface area contributed by atoms with Crippen LogP contribution in [-0.4, -0.2) is 79.2 Å². The molecule has 0 atom stereocenters. The van der Waals surface area contributed by atoms with Crippen LogP contribution in [0, 0.1) is 0 Å². The predicted octanol–water partition coefficient (Wildman–Crippen LogP) is 0.697. The Kier molecular flexibility index (Phi) is 9.09. The van der Waals surface area contributed by atoms with Crippen molar-refractivity contribution in [2.45, 2.75) is 38.6 Å². The molecule has 1 amide bonds. The first-order valence-electron chi connectivity index (χ1n) is 8.49. The topological polar surface area (TPSA) is 104 Å². The van der Waals surface area contributed by atoms with Crippen LogP contribution in [0.2, 0.25) is 0 Å². The largest absolute Gasteiger partial charge is 0.480 e. The molecule has 0 unspecified atom stereocenters. The molecule has 0 bridgehead atoms. The highest BCUT2D eigenvalue weighted by molar-refractivity contribution is 7.89. The lowest BCUT2D eigenvalue weighted by Crippen LogP contribution is -2.50. The van der Waals surface area contributed by atoms with Crippen LogP contribution >= 0.6 is 0 Å². The lowest BCUT2D eigenvalue weighted by atomic mass is 10.0. The number of carbonyl (C=O) groups is 2. The Balaban J connectivity index is 2.59. The standard InChI is InChI=1S/C16H28N2O6S/c1-3-11-24-12-5-6-15(19)18(13-16(20)21)14-7-9-17(10-8-14)25(22,23)4-2/h3,14H,1,4-13H2,2H3,(H,20,21). The van der Waals surface area contributed by atoms with E-state index >= 15 is 0 Å². The Morgan fingerprint density at radius 3 is 2.52 bits per heavy atom. The van der Waals surface area contributed by atoms with Gasteiger partial charge in [0, 0.05) is 32.2 Å². The molecular formula is C16H28N2O6S. The Morgan fingerprint density at radius 2 is 2.00 bits per heavy atom. The van der Waals surface area contributed by atoms with Crippen LogP contribution in [0.1, 0.15) is 32.6 Å². The summed E-state index contributed by atoms with van der Waals surface area (Å²) in [5.74, 6) is -1.26. The molecule has 1 saturated heterocycles. The number of ether oxygens (including phenoxy) is 1. The van der Waals surface area contributed by atoms with E-state index in [-0.39, 0.29) is 30.7 Å². The molecule has 1 heterocycles. The molecular weight excluding hydrogens is 348 g/mol. The third kappa shape index (κ3) is 7.13. The van der Waals surface area contributed by atoms with Gasteiger partial charge in [0.2, 0.25) is 15.9 Å². The van der Waals surface area contributed by atoms with Gasteiger partial charge in [-0.1, -0.05) is 6.08 Å². The maximum atomic E-state index is 12.4. The number of rotatable bonds is 11. The lowest BCUT2D eigenvalue weighted by molar-refractivity contribution is -0.147. The molecule has 25 heavy (non-hydrogen) atoms. The van der Waals surface area contributed by atoms with Crippen molar-refractivity contribution in [3.63, 3.8) is 0 Å². The third-order valence-corrected chi connectivity index (χ3v) is 6.04. The van der Waals surface area contributed by atoms with Gasteiger partial charge < -0.3 is 14.7 Å². The van der Waals surface area contributed by atoms with E-state index in [1.807, 2.05) is 0 Å². The second kappa shape index (κ2) is 10.5. The van der Waals surface area contributed by atoms with Crippen molar-refractivity contribution in [3.8, 4) is 0 Å². The Bertz CT molecular complexity index is 555. The van der Waals surface area contributed by atoms with Gasteiger partial charge in [-0.05, 0) is 26.2 Å². The summed E-state index contributed by atoms with van der Waals surface area (Å²) in [6.45, 7) is 6.21. The average Bonchev–Trinajstić information content (AvgIpc) is 2.59. The zero-order valence-electron chi connectivity index (χ0n) is 14.7. The van der Waals surface area contributed by atoms with Crippen LogP contribution in [-0.2, 0) is 24.3 Å². The van der Waals surface area contributed by atoms with Crippen LogP contribution in [0.15, 0.2) is 12.7 Å². The van der Waals surface area contributed by atoms with E-state index in [0.29, 0.717) is 45.6 Å². The minimum Gasteiger partial charge on any atom is -0.480 e. The summed E-state index contributed by atoms with van der Waals surface area (Å²) in [6, 6.07) is -0.249. The van der Waals surface area contributed by atoms with E-state index in [4.69, 9.17) is 9.84 Å². The number of sulfonamides is 1. The Labute approximate surface area is 149 Å². The van der Waals surface area contributed by atoms with E-state index in [1.54, 1.807) is 13.0 Å².